The molecule has 3 atom stereocenters. The summed E-state index contributed by atoms with van der Waals surface area (Å²) in [6.07, 6.45) is 2.73. The Balaban J connectivity index is 0.940. The molecule has 2 bridgehead atoms. The van der Waals surface area contributed by atoms with Gasteiger partial charge in [0.1, 0.15) is 24.1 Å². The molecule has 13 nitrogen and oxygen atoms in total. The van der Waals surface area contributed by atoms with E-state index in [0.717, 1.165) is 42.7 Å². The Bertz CT molecular complexity index is 1690. The van der Waals surface area contributed by atoms with Crippen LogP contribution in [-0.4, -0.2) is 87.5 Å². The smallest absolute Gasteiger partial charge is 0.410 e. The van der Waals surface area contributed by atoms with Gasteiger partial charge in [-0.25, -0.2) is 9.59 Å². The minimum atomic E-state index is -0.694. The van der Waals surface area contributed by atoms with E-state index < -0.39 is 17.6 Å². The average molecular weight is 635 g/mol. The number of aryl methyl sites for hydroxylation is 2. The van der Waals surface area contributed by atoms with Crippen LogP contribution in [-0.2, 0) is 32.5 Å². The minimum absolute atomic E-state index is 0.118. The van der Waals surface area contributed by atoms with Crippen molar-refractivity contribution in [3.8, 4) is 5.88 Å². The highest BCUT2D eigenvalue weighted by molar-refractivity contribution is 6.00. The number of likely N-dealkylation sites (tertiary alicyclic amines) is 1. The molecular weight excluding hydrogens is 592 g/mol. The Morgan fingerprint density at radius 2 is 1.85 bits per heavy atom. The van der Waals surface area contributed by atoms with Crippen molar-refractivity contribution in [3.63, 3.8) is 0 Å². The Hall–Kier alpha value is -4.39. The van der Waals surface area contributed by atoms with Crippen LogP contribution in [0.3, 0.4) is 0 Å². The molecule has 13 heteroatoms. The van der Waals surface area contributed by atoms with E-state index in [1.165, 1.54) is 4.57 Å². The van der Waals surface area contributed by atoms with Gasteiger partial charge in [-0.15, -0.1) is 0 Å². The molecule has 3 amide bonds. The molecule has 3 aliphatic heterocycles. The van der Waals surface area contributed by atoms with E-state index in [2.05, 4.69) is 10.2 Å². The van der Waals surface area contributed by atoms with E-state index in [4.69, 9.17) is 19.2 Å². The first-order valence-electron chi connectivity index (χ1n) is 16.0. The Labute approximate surface area is 267 Å². The summed E-state index contributed by atoms with van der Waals surface area (Å²) in [5.41, 5.74) is 1.70. The minimum Gasteiger partial charge on any atom is -0.475 e. The van der Waals surface area contributed by atoms with E-state index in [9.17, 15) is 19.2 Å². The third-order valence-electron chi connectivity index (χ3n) is 8.78. The van der Waals surface area contributed by atoms with Crippen LogP contribution in [0.2, 0.25) is 0 Å². The molecule has 1 aromatic carbocycles. The molecule has 46 heavy (non-hydrogen) atoms. The molecule has 6 rings (SSSR count). The van der Waals surface area contributed by atoms with Gasteiger partial charge in [0.25, 0.3) is 0 Å². The molecule has 1 N–H and O–H groups in total. The van der Waals surface area contributed by atoms with Crippen LogP contribution in [0.25, 0.3) is 11.0 Å². The average Bonchev–Trinajstić information content (AvgIpc) is 3.69. The summed E-state index contributed by atoms with van der Waals surface area (Å²) in [4.78, 5) is 58.3. The zero-order valence-corrected chi connectivity index (χ0v) is 26.9. The third kappa shape index (κ3) is 6.60. The van der Waals surface area contributed by atoms with Crippen molar-refractivity contribution < 1.29 is 28.6 Å². The Kier molecular flexibility index (Phi) is 8.78. The van der Waals surface area contributed by atoms with Gasteiger partial charge in [-0.1, -0.05) is 12.1 Å². The summed E-state index contributed by atoms with van der Waals surface area (Å²) in [5, 5.41) is 2.34. The van der Waals surface area contributed by atoms with Crippen LogP contribution in [0.1, 0.15) is 58.1 Å². The molecule has 2 aromatic heterocycles. The zero-order valence-electron chi connectivity index (χ0n) is 26.9. The summed E-state index contributed by atoms with van der Waals surface area (Å²) in [6, 6.07) is 11.2. The van der Waals surface area contributed by atoms with Crippen LogP contribution in [0.5, 0.6) is 5.88 Å². The molecule has 5 heterocycles. The van der Waals surface area contributed by atoms with Crippen LogP contribution in [0.4, 0.5) is 10.6 Å². The van der Waals surface area contributed by atoms with Crippen molar-refractivity contribution in [1.82, 2.24) is 24.3 Å². The number of carbonyl (C=O) groups excluding carboxylic acids is 3. The normalized spacial score (nSPS) is 21.3. The highest BCUT2D eigenvalue weighted by Crippen LogP contribution is 2.35. The number of nitrogens with zero attached hydrogens (tertiary/aromatic N) is 5. The molecule has 1 unspecified atom stereocenters. The number of amides is 3. The van der Waals surface area contributed by atoms with Crippen molar-refractivity contribution in [3.05, 3.63) is 52.4 Å². The number of carbonyl (C=O) groups is 3. The van der Waals surface area contributed by atoms with Crippen LogP contribution < -0.4 is 20.6 Å². The predicted molar refractivity (Wildman–Crippen MR) is 170 cm³/mol. The summed E-state index contributed by atoms with van der Waals surface area (Å²) in [5.74, 6) is 0.634. The van der Waals surface area contributed by atoms with Gasteiger partial charge in [0.05, 0.1) is 29.7 Å². The number of ether oxygens (including phenoxy) is 3. The monoisotopic (exact) mass is 634 g/mol. The van der Waals surface area contributed by atoms with Gasteiger partial charge in [-0.05, 0) is 70.2 Å². The van der Waals surface area contributed by atoms with E-state index in [-0.39, 0.29) is 36.2 Å². The number of piperazine rings is 1. The second-order valence-electron chi connectivity index (χ2n) is 13.2. The first kappa shape index (κ1) is 31.6. The molecule has 246 valence electrons. The fraction of sp³-hybridized carbons (Fsp3) is 0.545. The molecule has 0 spiro atoms. The number of benzene rings is 1. The highest BCUT2D eigenvalue weighted by Gasteiger charge is 2.47. The zero-order chi connectivity index (χ0) is 32.6. The fourth-order valence-corrected chi connectivity index (χ4v) is 6.62. The number of anilines is 1. The van der Waals surface area contributed by atoms with E-state index >= 15 is 0 Å². The molecule has 3 aromatic rings. The van der Waals surface area contributed by atoms with Gasteiger partial charge in [-0.2, -0.15) is 4.98 Å². The summed E-state index contributed by atoms with van der Waals surface area (Å²) in [6.45, 7) is 8.34. The highest BCUT2D eigenvalue weighted by atomic mass is 16.6. The number of nitrogens with one attached hydrogen (secondary N) is 1. The lowest BCUT2D eigenvalue weighted by Gasteiger charge is -2.35. The first-order valence-corrected chi connectivity index (χ1v) is 16.0. The summed E-state index contributed by atoms with van der Waals surface area (Å²) < 4.78 is 20.3. The lowest BCUT2D eigenvalue weighted by atomic mass is 10.1. The number of rotatable bonds is 10. The van der Waals surface area contributed by atoms with Crippen molar-refractivity contribution in [2.24, 2.45) is 7.05 Å². The van der Waals surface area contributed by atoms with E-state index in [0.29, 0.717) is 44.2 Å². The van der Waals surface area contributed by atoms with Crippen LogP contribution in [0, 0.1) is 0 Å². The molecule has 3 aliphatic rings. The quantitative estimate of drug-likeness (QED) is 0.264. The van der Waals surface area contributed by atoms with E-state index in [1.54, 1.807) is 11.6 Å². The molecular formula is C33H42N6O7. The fourth-order valence-electron chi connectivity index (χ4n) is 6.62. The van der Waals surface area contributed by atoms with Gasteiger partial charge >= 0.3 is 11.8 Å². The third-order valence-corrected chi connectivity index (χ3v) is 8.78. The molecule has 0 saturated carbocycles. The Morgan fingerprint density at radius 3 is 2.59 bits per heavy atom. The number of pyridine rings is 1. The lowest BCUT2D eigenvalue weighted by Crippen LogP contribution is -2.50. The SMILES string of the molecule is Cn1c(=O)n(C2CCC(=O)NC2=O)c2ccc(CCCOCCOc3cccc(N4C[C@H]5C[C@@H]4CN5C(=O)OC(C)(C)C)n3)cc21. The number of piperidine rings is 1. The predicted octanol–water partition coefficient (Wildman–Crippen LogP) is 2.94. The Morgan fingerprint density at radius 1 is 1.02 bits per heavy atom. The summed E-state index contributed by atoms with van der Waals surface area (Å²) >= 11 is 0. The van der Waals surface area contributed by atoms with Crippen molar-refractivity contribution >= 4 is 34.8 Å². The molecule has 3 fully saturated rings. The standard InChI is InChI=1S/C33H42N6O7/c1-33(2,3)46-32(43)38-20-22-18-23(38)19-37(22)27-8-5-9-29(34-27)45-16-15-44-14-6-7-21-10-11-24-26(17-21)36(4)31(42)39(24)25-12-13-28(40)35-30(25)41/h5,8-11,17,22-23,25H,6-7,12-16,18-20H2,1-4H3,(H,35,40,41)/t22-,23-,25?/m1/s1. The number of aromatic nitrogens is 3. The lowest BCUT2D eigenvalue weighted by molar-refractivity contribution is -0.135. The molecule has 0 radical (unpaired) electrons. The van der Waals surface area contributed by atoms with Crippen LogP contribution in [0.15, 0.2) is 41.2 Å². The maximum atomic E-state index is 13.0. The van der Waals surface area contributed by atoms with E-state index in [1.807, 2.05) is 62.1 Å². The number of hydrogen-bond donors (Lipinski definition) is 1. The maximum Gasteiger partial charge on any atom is 0.410 e. The van der Waals surface area contributed by atoms with Crippen LogP contribution >= 0.6 is 0 Å². The van der Waals surface area contributed by atoms with Crippen molar-refractivity contribution in [2.75, 3.05) is 37.8 Å². The largest absolute Gasteiger partial charge is 0.475 e. The number of fused-ring (bicyclic) bond motifs is 3. The van der Waals surface area contributed by atoms with Crippen molar-refractivity contribution in [2.45, 2.75) is 76.6 Å². The molecule has 3 saturated heterocycles. The van der Waals surface area contributed by atoms with Gasteiger partial charge in [-0.3, -0.25) is 24.0 Å². The summed E-state index contributed by atoms with van der Waals surface area (Å²) in [7, 11) is 1.69. The van der Waals surface area contributed by atoms with Gasteiger partial charge in [0, 0.05) is 39.2 Å². The number of hydrogen-bond acceptors (Lipinski definition) is 9. The second kappa shape index (κ2) is 12.8. The second-order valence-corrected chi connectivity index (χ2v) is 13.2. The molecule has 0 aliphatic carbocycles. The maximum absolute atomic E-state index is 13.0. The number of imide groups is 1. The first-order chi connectivity index (χ1) is 22.0. The topological polar surface area (TPSA) is 137 Å². The van der Waals surface area contributed by atoms with Gasteiger partial charge in [0.15, 0.2) is 0 Å². The number of imidazole rings is 1. The van der Waals surface area contributed by atoms with Crippen molar-refractivity contribution in [1.29, 1.82) is 0 Å². The van der Waals surface area contributed by atoms with Gasteiger partial charge < -0.3 is 24.0 Å². The van der Waals surface area contributed by atoms with Gasteiger partial charge in [0.2, 0.25) is 17.7 Å².